The SMILES string of the molecule is Cc1cc(C)c(Oc2ccc(N)cc2)c(C)c1. The molecule has 0 fully saturated rings. The van der Waals surface area contributed by atoms with E-state index in [-0.39, 0.29) is 0 Å². The van der Waals surface area contributed by atoms with Crippen molar-refractivity contribution in [1.82, 2.24) is 0 Å². The minimum Gasteiger partial charge on any atom is -0.457 e. The lowest BCUT2D eigenvalue weighted by Gasteiger charge is -2.12. The average molecular weight is 227 g/mol. The highest BCUT2D eigenvalue weighted by Gasteiger charge is 2.06. The van der Waals surface area contributed by atoms with Crippen molar-refractivity contribution in [3.63, 3.8) is 0 Å². The van der Waals surface area contributed by atoms with E-state index in [9.17, 15) is 0 Å². The molecule has 0 saturated carbocycles. The summed E-state index contributed by atoms with van der Waals surface area (Å²) in [7, 11) is 0. The van der Waals surface area contributed by atoms with Crippen LogP contribution in [0.15, 0.2) is 36.4 Å². The Balaban J connectivity index is 2.33. The monoisotopic (exact) mass is 227 g/mol. The van der Waals surface area contributed by atoms with Crippen LogP contribution in [0.25, 0.3) is 0 Å². The third-order valence-electron chi connectivity index (χ3n) is 2.70. The molecular weight excluding hydrogens is 210 g/mol. The van der Waals surface area contributed by atoms with Gasteiger partial charge in [0.25, 0.3) is 0 Å². The van der Waals surface area contributed by atoms with Crippen molar-refractivity contribution in [1.29, 1.82) is 0 Å². The Bertz CT molecular complexity index is 506. The lowest BCUT2D eigenvalue weighted by Crippen LogP contribution is -1.92. The summed E-state index contributed by atoms with van der Waals surface area (Å²) in [5.74, 6) is 1.75. The molecule has 0 aliphatic rings. The maximum Gasteiger partial charge on any atom is 0.133 e. The minimum atomic E-state index is 0.745. The van der Waals surface area contributed by atoms with Gasteiger partial charge in [-0.3, -0.25) is 0 Å². The summed E-state index contributed by atoms with van der Waals surface area (Å²) in [5, 5.41) is 0. The molecule has 2 N–H and O–H groups in total. The molecule has 2 nitrogen and oxygen atoms in total. The fourth-order valence-electron chi connectivity index (χ4n) is 1.98. The van der Waals surface area contributed by atoms with Gasteiger partial charge in [-0.1, -0.05) is 17.7 Å². The molecule has 0 saturated heterocycles. The van der Waals surface area contributed by atoms with Crippen molar-refractivity contribution in [3.8, 4) is 11.5 Å². The van der Waals surface area contributed by atoms with Crippen molar-refractivity contribution in [2.24, 2.45) is 0 Å². The Morgan fingerprint density at radius 1 is 0.882 bits per heavy atom. The molecule has 0 radical (unpaired) electrons. The molecule has 2 aromatic rings. The zero-order valence-corrected chi connectivity index (χ0v) is 10.4. The Morgan fingerprint density at radius 2 is 1.41 bits per heavy atom. The van der Waals surface area contributed by atoms with Gasteiger partial charge < -0.3 is 10.5 Å². The first-order valence-corrected chi connectivity index (χ1v) is 5.67. The molecule has 0 aliphatic carbocycles. The maximum absolute atomic E-state index is 5.89. The molecule has 0 unspecified atom stereocenters. The van der Waals surface area contributed by atoms with E-state index in [0.717, 1.165) is 28.3 Å². The number of hydrogen-bond donors (Lipinski definition) is 1. The number of nitrogen functional groups attached to an aromatic ring is 1. The topological polar surface area (TPSA) is 35.2 Å². The van der Waals surface area contributed by atoms with E-state index < -0.39 is 0 Å². The molecule has 0 spiro atoms. The summed E-state index contributed by atoms with van der Waals surface area (Å²) in [6, 6.07) is 11.7. The van der Waals surface area contributed by atoms with Gasteiger partial charge in [0.1, 0.15) is 11.5 Å². The number of benzene rings is 2. The average Bonchev–Trinajstić information content (AvgIpc) is 2.26. The van der Waals surface area contributed by atoms with Gasteiger partial charge in [0.2, 0.25) is 0 Å². The molecule has 0 atom stereocenters. The standard InChI is InChI=1S/C15H17NO/c1-10-8-11(2)15(12(3)9-10)17-14-6-4-13(16)5-7-14/h4-9H,16H2,1-3H3. The molecule has 2 heteroatoms. The normalized spacial score (nSPS) is 10.3. The predicted octanol–water partition coefficient (Wildman–Crippen LogP) is 3.99. The van der Waals surface area contributed by atoms with Gasteiger partial charge in [-0.2, -0.15) is 0 Å². The van der Waals surface area contributed by atoms with Crippen LogP contribution in [-0.4, -0.2) is 0 Å². The van der Waals surface area contributed by atoms with Crippen molar-refractivity contribution in [2.45, 2.75) is 20.8 Å². The van der Waals surface area contributed by atoms with E-state index >= 15 is 0 Å². The fraction of sp³-hybridized carbons (Fsp3) is 0.200. The largest absolute Gasteiger partial charge is 0.457 e. The van der Waals surface area contributed by atoms with Gasteiger partial charge in [-0.25, -0.2) is 0 Å². The maximum atomic E-state index is 5.89. The summed E-state index contributed by atoms with van der Waals surface area (Å²) in [5.41, 5.74) is 9.95. The number of nitrogens with two attached hydrogens (primary N) is 1. The first-order chi connectivity index (χ1) is 8.06. The van der Waals surface area contributed by atoms with Crippen LogP contribution in [0.3, 0.4) is 0 Å². The van der Waals surface area contributed by atoms with Gasteiger partial charge in [-0.05, 0) is 56.2 Å². The van der Waals surface area contributed by atoms with Crippen LogP contribution in [0.2, 0.25) is 0 Å². The first kappa shape index (κ1) is 11.5. The molecule has 0 aliphatic heterocycles. The second-order valence-electron chi connectivity index (χ2n) is 4.40. The third-order valence-corrected chi connectivity index (χ3v) is 2.70. The van der Waals surface area contributed by atoms with Crippen molar-refractivity contribution >= 4 is 5.69 Å². The first-order valence-electron chi connectivity index (χ1n) is 5.67. The molecule has 2 aromatic carbocycles. The highest BCUT2D eigenvalue weighted by molar-refractivity contribution is 5.47. The molecular formula is C15H17NO. The van der Waals surface area contributed by atoms with Crippen LogP contribution in [0, 0.1) is 20.8 Å². The van der Waals surface area contributed by atoms with E-state index in [2.05, 4.69) is 32.9 Å². The highest BCUT2D eigenvalue weighted by Crippen LogP contribution is 2.29. The smallest absolute Gasteiger partial charge is 0.133 e. The number of hydrogen-bond acceptors (Lipinski definition) is 2. The number of ether oxygens (including phenoxy) is 1. The summed E-state index contributed by atoms with van der Waals surface area (Å²) >= 11 is 0. The minimum absolute atomic E-state index is 0.745. The molecule has 17 heavy (non-hydrogen) atoms. The Morgan fingerprint density at radius 3 is 1.94 bits per heavy atom. The highest BCUT2D eigenvalue weighted by atomic mass is 16.5. The number of rotatable bonds is 2. The molecule has 0 heterocycles. The molecule has 88 valence electrons. The summed E-state index contributed by atoms with van der Waals surface area (Å²) in [6.07, 6.45) is 0. The second kappa shape index (κ2) is 4.50. The lowest BCUT2D eigenvalue weighted by atomic mass is 10.1. The summed E-state index contributed by atoms with van der Waals surface area (Å²) in [6.45, 7) is 6.21. The van der Waals surface area contributed by atoms with Crippen LogP contribution in [0.1, 0.15) is 16.7 Å². The van der Waals surface area contributed by atoms with E-state index in [0.29, 0.717) is 0 Å². The van der Waals surface area contributed by atoms with Crippen LogP contribution in [0.5, 0.6) is 11.5 Å². The van der Waals surface area contributed by atoms with Crippen molar-refractivity contribution in [3.05, 3.63) is 53.1 Å². The fourth-order valence-corrected chi connectivity index (χ4v) is 1.98. The van der Waals surface area contributed by atoms with Crippen LogP contribution in [-0.2, 0) is 0 Å². The van der Waals surface area contributed by atoms with Gasteiger partial charge >= 0.3 is 0 Å². The zero-order chi connectivity index (χ0) is 12.4. The van der Waals surface area contributed by atoms with Gasteiger partial charge in [0.05, 0.1) is 0 Å². The number of aryl methyl sites for hydroxylation is 3. The van der Waals surface area contributed by atoms with E-state index in [1.54, 1.807) is 0 Å². The Labute approximate surface area is 102 Å². The summed E-state index contributed by atoms with van der Waals surface area (Å²) in [4.78, 5) is 0. The molecule has 0 amide bonds. The van der Waals surface area contributed by atoms with Gasteiger partial charge in [0.15, 0.2) is 0 Å². The van der Waals surface area contributed by atoms with E-state index in [4.69, 9.17) is 10.5 Å². The van der Waals surface area contributed by atoms with Gasteiger partial charge in [0, 0.05) is 5.69 Å². The Kier molecular flexibility index (Phi) is 3.05. The van der Waals surface area contributed by atoms with Crippen LogP contribution >= 0.6 is 0 Å². The van der Waals surface area contributed by atoms with E-state index in [1.807, 2.05) is 24.3 Å². The van der Waals surface area contributed by atoms with Crippen molar-refractivity contribution in [2.75, 3.05) is 5.73 Å². The van der Waals surface area contributed by atoms with E-state index in [1.165, 1.54) is 5.56 Å². The second-order valence-corrected chi connectivity index (χ2v) is 4.40. The molecule has 0 bridgehead atoms. The molecule has 2 rings (SSSR count). The Hall–Kier alpha value is -1.96. The zero-order valence-electron chi connectivity index (χ0n) is 10.4. The van der Waals surface area contributed by atoms with Crippen molar-refractivity contribution < 1.29 is 4.74 Å². The predicted molar refractivity (Wildman–Crippen MR) is 71.6 cm³/mol. The van der Waals surface area contributed by atoms with Crippen LogP contribution in [0.4, 0.5) is 5.69 Å². The quantitative estimate of drug-likeness (QED) is 0.787. The summed E-state index contributed by atoms with van der Waals surface area (Å²) < 4.78 is 5.89. The lowest BCUT2D eigenvalue weighted by molar-refractivity contribution is 0.475. The van der Waals surface area contributed by atoms with Gasteiger partial charge in [-0.15, -0.1) is 0 Å². The number of anilines is 1. The van der Waals surface area contributed by atoms with Crippen LogP contribution < -0.4 is 10.5 Å². The third kappa shape index (κ3) is 2.59. The molecule has 0 aromatic heterocycles.